The van der Waals surface area contributed by atoms with E-state index in [1.165, 1.54) is 6.26 Å². The van der Waals surface area contributed by atoms with E-state index in [0.717, 1.165) is 18.6 Å². The van der Waals surface area contributed by atoms with Crippen molar-refractivity contribution in [1.29, 1.82) is 0 Å². The summed E-state index contributed by atoms with van der Waals surface area (Å²) in [6, 6.07) is 11.7. The fraction of sp³-hybridized carbons (Fsp3) is 0.167. The molecule has 2 N–H and O–H groups in total. The van der Waals surface area contributed by atoms with E-state index >= 15 is 0 Å². The minimum absolute atomic E-state index is 0.231. The molecule has 2 amide bonds. The van der Waals surface area contributed by atoms with E-state index in [4.69, 9.17) is 8.94 Å². The number of rotatable bonds is 5. The molecule has 1 saturated carbocycles. The number of hydrogen-bond acceptors (Lipinski definition) is 5. The molecule has 2 aromatic heterocycles. The average molecular weight is 337 g/mol. The lowest BCUT2D eigenvalue weighted by molar-refractivity contribution is 0.0993. The predicted molar refractivity (Wildman–Crippen MR) is 89.5 cm³/mol. The van der Waals surface area contributed by atoms with Gasteiger partial charge in [0.1, 0.15) is 5.76 Å². The molecule has 0 bridgehead atoms. The van der Waals surface area contributed by atoms with Gasteiger partial charge in [-0.3, -0.25) is 9.59 Å². The minimum Gasteiger partial charge on any atom is -0.459 e. The second-order valence-corrected chi connectivity index (χ2v) is 5.85. The van der Waals surface area contributed by atoms with Crippen molar-refractivity contribution in [2.24, 2.45) is 0 Å². The Kier molecular flexibility index (Phi) is 3.81. The number of carbonyl (C=O) groups excluding carboxylic acids is 2. The lowest BCUT2D eigenvalue weighted by Gasteiger charge is -2.06. The van der Waals surface area contributed by atoms with Crippen LogP contribution in [0.3, 0.4) is 0 Å². The molecular formula is C18H15N3O4. The smallest absolute Gasteiger partial charge is 0.291 e. The normalized spacial score (nSPS) is 13.4. The average Bonchev–Trinajstić information content (AvgIpc) is 3.13. The number of benzene rings is 1. The van der Waals surface area contributed by atoms with Gasteiger partial charge in [0.15, 0.2) is 11.5 Å². The Bertz CT molecular complexity index is 893. The molecule has 0 spiro atoms. The van der Waals surface area contributed by atoms with Crippen molar-refractivity contribution >= 4 is 23.2 Å². The summed E-state index contributed by atoms with van der Waals surface area (Å²) in [5.74, 6) is 0.738. The quantitative estimate of drug-likeness (QED) is 0.740. The zero-order valence-electron chi connectivity index (χ0n) is 13.2. The Morgan fingerprint density at radius 1 is 1.00 bits per heavy atom. The van der Waals surface area contributed by atoms with Crippen LogP contribution in [0.15, 0.2) is 57.7 Å². The molecule has 0 radical (unpaired) electrons. The molecule has 126 valence electrons. The zero-order chi connectivity index (χ0) is 17.2. The molecule has 2 heterocycles. The highest BCUT2D eigenvalue weighted by Gasteiger charge is 2.28. The van der Waals surface area contributed by atoms with E-state index < -0.39 is 0 Å². The third-order valence-corrected chi connectivity index (χ3v) is 3.89. The maximum atomic E-state index is 12.2. The van der Waals surface area contributed by atoms with E-state index in [-0.39, 0.29) is 23.3 Å². The highest BCUT2D eigenvalue weighted by molar-refractivity contribution is 6.04. The van der Waals surface area contributed by atoms with Gasteiger partial charge in [-0.2, -0.15) is 0 Å². The molecular weight excluding hydrogens is 322 g/mol. The molecule has 1 aliphatic carbocycles. The number of hydrogen-bond donors (Lipinski definition) is 2. The Balaban J connectivity index is 1.37. The highest BCUT2D eigenvalue weighted by Crippen LogP contribution is 2.40. The molecule has 1 aromatic carbocycles. The summed E-state index contributed by atoms with van der Waals surface area (Å²) in [5.41, 5.74) is 1.45. The Morgan fingerprint density at radius 2 is 1.68 bits per heavy atom. The maximum absolute atomic E-state index is 12.2. The van der Waals surface area contributed by atoms with Crippen molar-refractivity contribution in [3.05, 3.63) is 65.9 Å². The van der Waals surface area contributed by atoms with Gasteiger partial charge < -0.3 is 19.6 Å². The highest BCUT2D eigenvalue weighted by atomic mass is 16.5. The number of nitrogens with zero attached hydrogens (tertiary/aromatic N) is 1. The van der Waals surface area contributed by atoms with E-state index in [0.29, 0.717) is 17.3 Å². The number of amides is 2. The van der Waals surface area contributed by atoms with Crippen LogP contribution in [0.4, 0.5) is 11.4 Å². The molecule has 0 unspecified atom stereocenters. The van der Waals surface area contributed by atoms with Crippen LogP contribution in [0.1, 0.15) is 45.6 Å². The van der Waals surface area contributed by atoms with Crippen LogP contribution in [-0.4, -0.2) is 17.0 Å². The first-order chi connectivity index (χ1) is 12.2. The molecule has 0 atom stereocenters. The van der Waals surface area contributed by atoms with Gasteiger partial charge in [0, 0.05) is 23.4 Å². The SMILES string of the molecule is O=C(Nc1ccc(NC(=O)c2ccco2)cc1)c1cc(C2CC2)on1. The zero-order valence-corrected chi connectivity index (χ0v) is 13.2. The van der Waals surface area contributed by atoms with Gasteiger partial charge in [-0.15, -0.1) is 0 Å². The van der Waals surface area contributed by atoms with Crippen LogP contribution >= 0.6 is 0 Å². The summed E-state index contributed by atoms with van der Waals surface area (Å²) in [5, 5.41) is 9.26. The number of furan rings is 1. The minimum atomic E-state index is -0.336. The first kappa shape index (κ1) is 15.2. The van der Waals surface area contributed by atoms with Crippen molar-refractivity contribution in [3.8, 4) is 0 Å². The maximum Gasteiger partial charge on any atom is 0.291 e. The third-order valence-electron chi connectivity index (χ3n) is 3.89. The summed E-state index contributed by atoms with van der Waals surface area (Å²) in [6.07, 6.45) is 3.61. The standard InChI is InChI=1S/C18H15N3O4/c22-17(14-10-16(25-21-14)11-3-4-11)19-12-5-7-13(8-6-12)20-18(23)15-2-1-9-24-15/h1-2,5-11H,3-4H2,(H,19,22)(H,20,23). The summed E-state index contributed by atoms with van der Waals surface area (Å²) < 4.78 is 10.2. The van der Waals surface area contributed by atoms with Crippen molar-refractivity contribution in [1.82, 2.24) is 5.16 Å². The van der Waals surface area contributed by atoms with Gasteiger partial charge in [-0.1, -0.05) is 5.16 Å². The molecule has 1 aliphatic rings. The van der Waals surface area contributed by atoms with Gasteiger partial charge in [0.05, 0.1) is 6.26 Å². The topological polar surface area (TPSA) is 97.4 Å². The van der Waals surface area contributed by atoms with Crippen LogP contribution in [0.2, 0.25) is 0 Å². The van der Waals surface area contributed by atoms with E-state index in [2.05, 4.69) is 15.8 Å². The summed E-state index contributed by atoms with van der Waals surface area (Å²) in [4.78, 5) is 24.1. The molecule has 0 aliphatic heterocycles. The second-order valence-electron chi connectivity index (χ2n) is 5.85. The van der Waals surface area contributed by atoms with Crippen LogP contribution < -0.4 is 10.6 Å². The van der Waals surface area contributed by atoms with Gasteiger partial charge in [-0.25, -0.2) is 0 Å². The number of nitrogens with one attached hydrogen (secondary N) is 2. The van der Waals surface area contributed by atoms with Crippen molar-refractivity contribution in [2.75, 3.05) is 10.6 Å². The predicted octanol–water partition coefficient (Wildman–Crippen LogP) is 3.65. The fourth-order valence-electron chi connectivity index (χ4n) is 2.39. The van der Waals surface area contributed by atoms with Crippen LogP contribution in [-0.2, 0) is 0 Å². The summed E-state index contributed by atoms with van der Waals surface area (Å²) >= 11 is 0. The molecule has 3 aromatic rings. The molecule has 1 fully saturated rings. The summed E-state index contributed by atoms with van der Waals surface area (Å²) in [7, 11) is 0. The fourth-order valence-corrected chi connectivity index (χ4v) is 2.39. The van der Waals surface area contributed by atoms with E-state index in [1.807, 2.05) is 0 Å². The Hall–Kier alpha value is -3.35. The summed E-state index contributed by atoms with van der Waals surface area (Å²) in [6.45, 7) is 0. The van der Waals surface area contributed by atoms with Crippen molar-refractivity contribution in [2.45, 2.75) is 18.8 Å². The lowest BCUT2D eigenvalue weighted by atomic mass is 10.2. The molecule has 4 rings (SSSR count). The molecule has 7 heteroatoms. The Labute approximate surface area is 143 Å². The number of aromatic nitrogens is 1. The monoisotopic (exact) mass is 337 g/mol. The van der Waals surface area contributed by atoms with Crippen LogP contribution in [0.5, 0.6) is 0 Å². The van der Waals surface area contributed by atoms with Gasteiger partial charge in [0.2, 0.25) is 0 Å². The van der Waals surface area contributed by atoms with Crippen molar-refractivity contribution < 1.29 is 18.5 Å². The van der Waals surface area contributed by atoms with Crippen LogP contribution in [0, 0.1) is 0 Å². The van der Waals surface area contributed by atoms with Gasteiger partial charge >= 0.3 is 0 Å². The first-order valence-corrected chi connectivity index (χ1v) is 7.92. The van der Waals surface area contributed by atoms with Crippen molar-refractivity contribution in [3.63, 3.8) is 0 Å². The Morgan fingerprint density at radius 3 is 2.28 bits per heavy atom. The first-order valence-electron chi connectivity index (χ1n) is 7.92. The third kappa shape index (κ3) is 3.45. The number of carbonyl (C=O) groups is 2. The largest absolute Gasteiger partial charge is 0.459 e. The molecule has 25 heavy (non-hydrogen) atoms. The lowest BCUT2D eigenvalue weighted by Crippen LogP contribution is -2.13. The van der Waals surface area contributed by atoms with E-state index in [9.17, 15) is 9.59 Å². The van der Waals surface area contributed by atoms with Gasteiger partial charge in [0.25, 0.3) is 11.8 Å². The molecule has 7 nitrogen and oxygen atoms in total. The van der Waals surface area contributed by atoms with E-state index in [1.54, 1.807) is 42.5 Å². The molecule has 0 saturated heterocycles. The second kappa shape index (κ2) is 6.27. The van der Waals surface area contributed by atoms with Gasteiger partial charge in [-0.05, 0) is 49.2 Å². The van der Waals surface area contributed by atoms with Crippen LogP contribution in [0.25, 0.3) is 0 Å². The number of anilines is 2.